The van der Waals surface area contributed by atoms with Crippen molar-refractivity contribution in [1.82, 2.24) is 0 Å². The monoisotopic (exact) mass is 261 g/mol. The molecule has 0 aromatic heterocycles. The van der Waals surface area contributed by atoms with Gasteiger partial charge < -0.3 is 9.69 Å². The summed E-state index contributed by atoms with van der Waals surface area (Å²) in [5.74, 6) is 0.563. The van der Waals surface area contributed by atoms with Crippen LogP contribution in [-0.4, -0.2) is 18.7 Å². The van der Waals surface area contributed by atoms with Gasteiger partial charge in [-0.15, -0.1) is 0 Å². The molecule has 0 N–H and O–H groups in total. The van der Waals surface area contributed by atoms with Crippen molar-refractivity contribution in [2.24, 2.45) is 0 Å². The van der Waals surface area contributed by atoms with E-state index >= 15 is 0 Å². The first kappa shape index (κ1) is 15.4. The summed E-state index contributed by atoms with van der Waals surface area (Å²) in [4.78, 5) is 24.4. The lowest BCUT2D eigenvalue weighted by Crippen LogP contribution is -2.26. The van der Waals surface area contributed by atoms with Gasteiger partial charge in [-0.1, -0.05) is 26.0 Å². The quantitative estimate of drug-likeness (QED) is 0.785. The molecule has 0 saturated carbocycles. The molecule has 0 aliphatic carbocycles. The lowest BCUT2D eigenvalue weighted by molar-refractivity contribution is -0.122. The molecule has 1 rings (SSSR count). The molecule has 1 aromatic carbocycles. The van der Waals surface area contributed by atoms with Gasteiger partial charge in [0.15, 0.2) is 0 Å². The Morgan fingerprint density at radius 3 is 2.21 bits per heavy atom. The Morgan fingerprint density at radius 1 is 1.16 bits per heavy atom. The molecule has 0 saturated heterocycles. The van der Waals surface area contributed by atoms with E-state index in [-0.39, 0.29) is 18.1 Å². The fourth-order valence-corrected chi connectivity index (χ4v) is 1.86. The van der Waals surface area contributed by atoms with E-state index in [0.29, 0.717) is 12.3 Å². The molecule has 1 aromatic rings. The summed E-state index contributed by atoms with van der Waals surface area (Å²) in [6.45, 7) is 5.86. The first-order valence-electron chi connectivity index (χ1n) is 6.81. The van der Waals surface area contributed by atoms with Crippen LogP contribution in [0.1, 0.15) is 51.5 Å². The van der Waals surface area contributed by atoms with Gasteiger partial charge in [-0.3, -0.25) is 4.79 Å². The number of ketones is 1. The van der Waals surface area contributed by atoms with E-state index in [1.807, 2.05) is 12.1 Å². The van der Waals surface area contributed by atoms with Crippen LogP contribution in [0.4, 0.5) is 5.69 Å². The second-order valence-electron chi connectivity index (χ2n) is 5.06. The molecule has 0 aliphatic heterocycles. The summed E-state index contributed by atoms with van der Waals surface area (Å²) in [6.07, 6.45) is 1.69. The average Bonchev–Trinajstić information content (AvgIpc) is 2.43. The van der Waals surface area contributed by atoms with Gasteiger partial charge in [0.25, 0.3) is 0 Å². The average molecular weight is 261 g/mol. The standard InChI is InChI=1S/C16H23NO2/c1-5-12(2)14-7-9-15(10-8-14)17(4)16(19)11-6-13(3)18/h7-10,12H,5-6,11H2,1-4H3. The largest absolute Gasteiger partial charge is 0.315 e. The van der Waals surface area contributed by atoms with Crippen LogP contribution >= 0.6 is 0 Å². The van der Waals surface area contributed by atoms with E-state index < -0.39 is 0 Å². The summed E-state index contributed by atoms with van der Waals surface area (Å²) in [5, 5.41) is 0. The lowest BCUT2D eigenvalue weighted by atomic mass is 9.98. The normalized spacial score (nSPS) is 12.0. The highest BCUT2D eigenvalue weighted by atomic mass is 16.2. The van der Waals surface area contributed by atoms with Crippen LogP contribution in [0.25, 0.3) is 0 Å². The lowest BCUT2D eigenvalue weighted by Gasteiger charge is -2.18. The molecular weight excluding hydrogens is 238 g/mol. The van der Waals surface area contributed by atoms with Gasteiger partial charge in [0.05, 0.1) is 0 Å². The van der Waals surface area contributed by atoms with Crippen molar-refractivity contribution < 1.29 is 9.59 Å². The number of benzene rings is 1. The topological polar surface area (TPSA) is 37.4 Å². The Morgan fingerprint density at radius 2 is 1.74 bits per heavy atom. The van der Waals surface area contributed by atoms with E-state index in [0.717, 1.165) is 12.1 Å². The summed E-state index contributed by atoms with van der Waals surface area (Å²) in [6, 6.07) is 8.07. The molecule has 1 atom stereocenters. The first-order valence-corrected chi connectivity index (χ1v) is 6.81. The highest BCUT2D eigenvalue weighted by molar-refractivity contribution is 5.94. The molecule has 19 heavy (non-hydrogen) atoms. The van der Waals surface area contributed by atoms with Gasteiger partial charge in [-0.05, 0) is 37.0 Å². The summed E-state index contributed by atoms with van der Waals surface area (Å²) < 4.78 is 0. The van der Waals surface area contributed by atoms with Gasteiger partial charge in [0.2, 0.25) is 5.91 Å². The first-order chi connectivity index (χ1) is 8.95. The van der Waals surface area contributed by atoms with Crippen LogP contribution in [0.2, 0.25) is 0 Å². The van der Waals surface area contributed by atoms with Gasteiger partial charge in [-0.25, -0.2) is 0 Å². The van der Waals surface area contributed by atoms with Crippen LogP contribution in [-0.2, 0) is 9.59 Å². The molecular formula is C16H23NO2. The van der Waals surface area contributed by atoms with Crippen LogP contribution in [0.3, 0.4) is 0 Å². The minimum Gasteiger partial charge on any atom is -0.315 e. The Balaban J connectivity index is 2.69. The minimum absolute atomic E-state index is 0.0218. The van der Waals surface area contributed by atoms with E-state index in [4.69, 9.17) is 0 Å². The highest BCUT2D eigenvalue weighted by Crippen LogP contribution is 2.22. The van der Waals surface area contributed by atoms with Crippen LogP contribution in [0, 0.1) is 0 Å². The Labute approximate surface area is 115 Å². The summed E-state index contributed by atoms with van der Waals surface area (Å²) in [7, 11) is 1.75. The molecule has 0 aliphatic rings. The van der Waals surface area contributed by atoms with Gasteiger partial charge in [0, 0.05) is 25.6 Å². The van der Waals surface area contributed by atoms with Gasteiger partial charge >= 0.3 is 0 Å². The Bertz CT molecular complexity index is 437. The predicted octanol–water partition coefficient (Wildman–Crippen LogP) is 3.53. The number of amides is 1. The maximum atomic E-state index is 11.9. The van der Waals surface area contributed by atoms with Crippen molar-refractivity contribution in [1.29, 1.82) is 0 Å². The van der Waals surface area contributed by atoms with Crippen molar-refractivity contribution in [3.8, 4) is 0 Å². The molecule has 0 spiro atoms. The maximum Gasteiger partial charge on any atom is 0.227 e. The zero-order valence-corrected chi connectivity index (χ0v) is 12.3. The Hall–Kier alpha value is -1.64. The zero-order valence-electron chi connectivity index (χ0n) is 12.3. The maximum absolute atomic E-state index is 11.9. The molecule has 1 unspecified atom stereocenters. The summed E-state index contributed by atoms with van der Waals surface area (Å²) >= 11 is 0. The van der Waals surface area contributed by atoms with E-state index in [1.165, 1.54) is 12.5 Å². The molecule has 3 nitrogen and oxygen atoms in total. The molecule has 0 radical (unpaired) electrons. The number of hydrogen-bond acceptors (Lipinski definition) is 2. The number of hydrogen-bond donors (Lipinski definition) is 0. The predicted molar refractivity (Wildman–Crippen MR) is 78.5 cm³/mol. The second-order valence-corrected chi connectivity index (χ2v) is 5.06. The molecule has 0 heterocycles. The smallest absolute Gasteiger partial charge is 0.227 e. The van der Waals surface area contributed by atoms with Crippen molar-refractivity contribution in [3.63, 3.8) is 0 Å². The number of carbonyl (C=O) groups is 2. The minimum atomic E-state index is -0.0218. The van der Waals surface area contributed by atoms with Crippen molar-refractivity contribution >= 4 is 17.4 Å². The zero-order chi connectivity index (χ0) is 14.4. The van der Waals surface area contributed by atoms with Crippen molar-refractivity contribution in [2.75, 3.05) is 11.9 Å². The molecule has 1 amide bonds. The van der Waals surface area contributed by atoms with Crippen LogP contribution in [0.15, 0.2) is 24.3 Å². The van der Waals surface area contributed by atoms with Crippen LogP contribution < -0.4 is 4.90 Å². The third-order valence-corrected chi connectivity index (χ3v) is 3.53. The molecule has 0 bridgehead atoms. The second kappa shape index (κ2) is 7.07. The SMILES string of the molecule is CCC(C)c1ccc(N(C)C(=O)CCC(C)=O)cc1. The molecule has 3 heteroatoms. The third-order valence-electron chi connectivity index (χ3n) is 3.53. The van der Waals surface area contributed by atoms with Crippen LogP contribution in [0.5, 0.6) is 0 Å². The van der Waals surface area contributed by atoms with Crippen molar-refractivity contribution in [3.05, 3.63) is 29.8 Å². The van der Waals surface area contributed by atoms with E-state index in [1.54, 1.807) is 11.9 Å². The van der Waals surface area contributed by atoms with Gasteiger partial charge in [0.1, 0.15) is 5.78 Å². The Kier molecular flexibility index (Phi) is 5.74. The number of Topliss-reactive ketones (excluding diaryl/α,β-unsaturated/α-hetero) is 1. The number of nitrogens with zero attached hydrogens (tertiary/aromatic N) is 1. The molecule has 104 valence electrons. The number of anilines is 1. The highest BCUT2D eigenvalue weighted by Gasteiger charge is 2.12. The number of rotatable bonds is 6. The summed E-state index contributed by atoms with van der Waals surface area (Å²) in [5.41, 5.74) is 2.16. The fraction of sp³-hybridized carbons (Fsp3) is 0.500. The molecule has 0 fully saturated rings. The van der Waals surface area contributed by atoms with E-state index in [2.05, 4.69) is 26.0 Å². The number of carbonyl (C=O) groups excluding carboxylic acids is 2. The third kappa shape index (κ3) is 4.51. The fourth-order valence-electron chi connectivity index (χ4n) is 1.86. The van der Waals surface area contributed by atoms with Crippen molar-refractivity contribution in [2.45, 2.75) is 46.0 Å². The van der Waals surface area contributed by atoms with Gasteiger partial charge in [-0.2, -0.15) is 0 Å². The van der Waals surface area contributed by atoms with E-state index in [9.17, 15) is 9.59 Å².